The molecule has 0 spiro atoms. The minimum absolute atomic E-state index is 0.630. The van der Waals surface area contributed by atoms with Crippen LogP contribution in [0.1, 0.15) is 0 Å². The average Bonchev–Trinajstić information content (AvgIpc) is 1.98. The van der Waals surface area contributed by atoms with Crippen LogP contribution in [0.4, 0.5) is 11.4 Å². The molecule has 0 radical (unpaired) electrons. The van der Waals surface area contributed by atoms with E-state index in [4.69, 9.17) is 11.5 Å². The summed E-state index contributed by atoms with van der Waals surface area (Å²) in [6, 6.07) is 5.57. The number of benzene rings is 1. The van der Waals surface area contributed by atoms with Crippen molar-refractivity contribution >= 4 is 23.3 Å². The summed E-state index contributed by atoms with van der Waals surface area (Å²) in [4.78, 5) is 1.07. The summed E-state index contributed by atoms with van der Waals surface area (Å²) >= 11 is 1.51. The molecular weight excluding hydrogens is 158 g/mol. The molecule has 0 saturated heterocycles. The number of hydrogen-bond donors (Lipinski definition) is 3. The van der Waals surface area contributed by atoms with Gasteiger partial charge >= 0.3 is 0 Å². The van der Waals surface area contributed by atoms with E-state index in [0.29, 0.717) is 11.4 Å². The largest absolute Gasteiger partial charge is 0.397 e. The first-order valence-corrected chi connectivity index (χ1v) is 4.04. The highest BCUT2D eigenvalue weighted by atomic mass is 32.2. The molecule has 0 saturated carbocycles. The normalized spacial score (nSPS) is 9.91. The Bertz CT molecular complexity index is 249. The first kappa shape index (κ1) is 8.23. The van der Waals surface area contributed by atoms with Gasteiger partial charge in [-0.2, -0.15) is 0 Å². The number of hydrogen-bond acceptors (Lipinski definition) is 4. The van der Waals surface area contributed by atoms with Crippen molar-refractivity contribution in [1.82, 2.24) is 4.72 Å². The highest BCUT2D eigenvalue weighted by molar-refractivity contribution is 7.97. The Hall–Kier alpha value is -0.870. The highest BCUT2D eigenvalue weighted by Crippen LogP contribution is 2.21. The van der Waals surface area contributed by atoms with Crippen molar-refractivity contribution in [2.45, 2.75) is 4.90 Å². The molecule has 0 aliphatic rings. The van der Waals surface area contributed by atoms with Crippen molar-refractivity contribution in [3.05, 3.63) is 18.2 Å². The lowest BCUT2D eigenvalue weighted by molar-refractivity contribution is 1.28. The third kappa shape index (κ3) is 2.03. The van der Waals surface area contributed by atoms with Gasteiger partial charge in [-0.25, -0.2) is 0 Å². The van der Waals surface area contributed by atoms with E-state index in [9.17, 15) is 0 Å². The topological polar surface area (TPSA) is 64.1 Å². The fourth-order valence-corrected chi connectivity index (χ4v) is 1.29. The highest BCUT2D eigenvalue weighted by Gasteiger charge is 1.95. The van der Waals surface area contributed by atoms with E-state index in [2.05, 4.69) is 4.72 Å². The van der Waals surface area contributed by atoms with Gasteiger partial charge in [0, 0.05) is 4.90 Å². The van der Waals surface area contributed by atoms with Crippen LogP contribution in [0.2, 0.25) is 0 Å². The van der Waals surface area contributed by atoms with Gasteiger partial charge in [0.15, 0.2) is 0 Å². The minimum Gasteiger partial charge on any atom is -0.397 e. The molecule has 0 aliphatic carbocycles. The van der Waals surface area contributed by atoms with Gasteiger partial charge in [0.2, 0.25) is 0 Å². The van der Waals surface area contributed by atoms with E-state index in [0.717, 1.165) is 4.90 Å². The molecule has 1 aromatic carbocycles. The zero-order chi connectivity index (χ0) is 8.27. The Morgan fingerprint density at radius 3 is 2.55 bits per heavy atom. The summed E-state index contributed by atoms with van der Waals surface area (Å²) in [7, 11) is 1.86. The molecule has 0 heterocycles. The van der Waals surface area contributed by atoms with Gasteiger partial charge in [-0.3, -0.25) is 4.72 Å². The molecule has 3 nitrogen and oxygen atoms in total. The molecule has 60 valence electrons. The van der Waals surface area contributed by atoms with Gasteiger partial charge in [0.25, 0.3) is 0 Å². The zero-order valence-electron chi connectivity index (χ0n) is 6.29. The lowest BCUT2D eigenvalue weighted by Crippen LogP contribution is -1.96. The Labute approximate surface area is 70.3 Å². The van der Waals surface area contributed by atoms with Crippen molar-refractivity contribution in [2.75, 3.05) is 18.5 Å². The van der Waals surface area contributed by atoms with E-state index in [-0.39, 0.29) is 0 Å². The molecule has 4 heteroatoms. The third-order valence-corrected chi connectivity index (χ3v) is 1.97. The van der Waals surface area contributed by atoms with Crippen molar-refractivity contribution in [3.8, 4) is 0 Å². The van der Waals surface area contributed by atoms with Gasteiger partial charge in [-0.15, -0.1) is 0 Å². The maximum Gasteiger partial charge on any atom is 0.0559 e. The van der Waals surface area contributed by atoms with Crippen LogP contribution in [0.5, 0.6) is 0 Å². The van der Waals surface area contributed by atoms with Crippen LogP contribution in [0.25, 0.3) is 0 Å². The summed E-state index contributed by atoms with van der Waals surface area (Å²) in [5.74, 6) is 0. The van der Waals surface area contributed by atoms with Crippen LogP contribution >= 0.6 is 11.9 Å². The number of nitrogens with one attached hydrogen (secondary N) is 1. The van der Waals surface area contributed by atoms with Crippen LogP contribution in [0.3, 0.4) is 0 Å². The van der Waals surface area contributed by atoms with E-state index in [1.54, 1.807) is 6.07 Å². The van der Waals surface area contributed by atoms with Crippen molar-refractivity contribution in [3.63, 3.8) is 0 Å². The van der Waals surface area contributed by atoms with E-state index in [1.165, 1.54) is 11.9 Å². The first-order chi connectivity index (χ1) is 5.24. The number of nitrogen functional groups attached to an aromatic ring is 2. The van der Waals surface area contributed by atoms with E-state index >= 15 is 0 Å². The van der Waals surface area contributed by atoms with Gasteiger partial charge in [-0.05, 0) is 37.2 Å². The lowest BCUT2D eigenvalue weighted by atomic mass is 10.3. The molecular formula is C7H11N3S. The van der Waals surface area contributed by atoms with Crippen LogP contribution in [-0.2, 0) is 0 Å². The number of nitrogens with two attached hydrogens (primary N) is 2. The third-order valence-electron chi connectivity index (χ3n) is 1.28. The summed E-state index contributed by atoms with van der Waals surface area (Å²) in [6.07, 6.45) is 0. The van der Waals surface area contributed by atoms with Crippen LogP contribution < -0.4 is 16.2 Å². The van der Waals surface area contributed by atoms with Gasteiger partial charge in [0.1, 0.15) is 0 Å². The molecule has 0 atom stereocenters. The molecule has 0 amide bonds. The van der Waals surface area contributed by atoms with E-state index in [1.807, 2.05) is 19.2 Å². The Kier molecular flexibility index (Phi) is 2.62. The Balaban J connectivity index is 2.86. The maximum absolute atomic E-state index is 5.58. The van der Waals surface area contributed by atoms with E-state index < -0.39 is 0 Å². The van der Waals surface area contributed by atoms with Crippen molar-refractivity contribution < 1.29 is 0 Å². The predicted molar refractivity (Wildman–Crippen MR) is 50.2 cm³/mol. The monoisotopic (exact) mass is 169 g/mol. The van der Waals surface area contributed by atoms with Gasteiger partial charge < -0.3 is 11.5 Å². The zero-order valence-corrected chi connectivity index (χ0v) is 7.11. The minimum atomic E-state index is 0.630. The maximum atomic E-state index is 5.58. The summed E-state index contributed by atoms with van der Waals surface area (Å²) in [6.45, 7) is 0. The van der Waals surface area contributed by atoms with Gasteiger partial charge in [0.05, 0.1) is 11.4 Å². The lowest BCUT2D eigenvalue weighted by Gasteiger charge is -2.02. The molecule has 0 bridgehead atoms. The molecule has 0 unspecified atom stereocenters. The second-order valence-corrected chi connectivity index (χ2v) is 3.18. The summed E-state index contributed by atoms with van der Waals surface area (Å²) < 4.78 is 2.95. The SMILES string of the molecule is CNSc1ccc(N)c(N)c1. The van der Waals surface area contributed by atoms with Crippen LogP contribution in [-0.4, -0.2) is 7.05 Å². The molecule has 1 rings (SSSR count). The fourth-order valence-electron chi connectivity index (χ4n) is 0.734. The fraction of sp³-hybridized carbons (Fsp3) is 0.143. The van der Waals surface area contributed by atoms with Crippen LogP contribution in [0.15, 0.2) is 23.1 Å². The molecule has 1 aromatic rings. The molecule has 11 heavy (non-hydrogen) atoms. The standard InChI is InChI=1S/C7H11N3S/c1-10-11-5-2-3-6(8)7(9)4-5/h2-4,10H,8-9H2,1H3. The van der Waals surface area contributed by atoms with Crippen LogP contribution in [0, 0.1) is 0 Å². The quantitative estimate of drug-likeness (QED) is 0.458. The molecule has 0 fully saturated rings. The van der Waals surface area contributed by atoms with Crippen molar-refractivity contribution in [1.29, 1.82) is 0 Å². The summed E-state index contributed by atoms with van der Waals surface area (Å²) in [5.41, 5.74) is 12.4. The summed E-state index contributed by atoms with van der Waals surface area (Å²) in [5, 5.41) is 0. The Morgan fingerprint density at radius 1 is 1.27 bits per heavy atom. The second-order valence-electron chi connectivity index (χ2n) is 2.10. The smallest absolute Gasteiger partial charge is 0.0559 e. The van der Waals surface area contributed by atoms with Crippen molar-refractivity contribution in [2.24, 2.45) is 0 Å². The Morgan fingerprint density at radius 2 is 2.00 bits per heavy atom. The number of rotatable bonds is 2. The second kappa shape index (κ2) is 3.50. The van der Waals surface area contributed by atoms with Gasteiger partial charge in [-0.1, -0.05) is 0 Å². The average molecular weight is 169 g/mol. The number of anilines is 2. The first-order valence-electron chi connectivity index (χ1n) is 3.22. The predicted octanol–water partition coefficient (Wildman–Crippen LogP) is 1.08. The molecule has 5 N–H and O–H groups in total. The molecule has 0 aromatic heterocycles. The molecule has 0 aliphatic heterocycles.